The lowest BCUT2D eigenvalue weighted by molar-refractivity contribution is 0.261. The lowest BCUT2D eigenvalue weighted by Gasteiger charge is -2.31. The first kappa shape index (κ1) is 16.4. The van der Waals surface area contributed by atoms with Crippen molar-refractivity contribution in [1.82, 2.24) is 14.9 Å². The Morgan fingerprint density at radius 2 is 2.04 bits per heavy atom. The highest BCUT2D eigenvalue weighted by Crippen LogP contribution is 2.37. The molecule has 1 aliphatic carbocycles. The maximum absolute atomic E-state index is 5.43. The highest BCUT2D eigenvalue weighted by molar-refractivity contribution is 5.92. The van der Waals surface area contributed by atoms with Crippen LogP contribution in [0.1, 0.15) is 30.5 Å². The normalized spacial score (nSPS) is 20.5. The number of rotatable bonds is 4. The van der Waals surface area contributed by atoms with Crippen molar-refractivity contribution >= 4 is 16.7 Å². The van der Waals surface area contributed by atoms with E-state index in [1.165, 1.54) is 30.6 Å². The van der Waals surface area contributed by atoms with Gasteiger partial charge in [0.15, 0.2) is 5.75 Å². The Labute approximate surface area is 148 Å². The number of aryl methyl sites for hydroxylation is 1. The van der Waals surface area contributed by atoms with Gasteiger partial charge in [0.05, 0.1) is 25.4 Å². The quantitative estimate of drug-likeness (QED) is 0.922. The molecule has 6 nitrogen and oxygen atoms in total. The van der Waals surface area contributed by atoms with Crippen LogP contribution < -0.4 is 14.8 Å². The highest BCUT2D eigenvalue weighted by atomic mass is 16.5. The maximum Gasteiger partial charge on any atom is 0.257 e. The number of nitrogens with one attached hydrogen (secondary N) is 1. The third-order valence-electron chi connectivity index (χ3n) is 5.30. The Balaban J connectivity index is 1.82. The standard InChI is InChI=1S/C19H26N4O2/c1-23-9-5-6-12(11-23)20-17-13-7-4-8-14(13)21-15-10-16(24-2)19(25-3)22-18(15)17/h10,12H,4-9,11H2,1-3H3,(H,20,21)/t12-/m1/s1. The molecule has 0 unspecified atom stereocenters. The van der Waals surface area contributed by atoms with E-state index >= 15 is 0 Å². The predicted octanol–water partition coefficient (Wildman–Crippen LogP) is 2.64. The van der Waals surface area contributed by atoms with Crippen LogP contribution in [0.15, 0.2) is 6.07 Å². The van der Waals surface area contributed by atoms with Crippen molar-refractivity contribution in [2.24, 2.45) is 0 Å². The zero-order valence-electron chi connectivity index (χ0n) is 15.3. The fraction of sp³-hybridized carbons (Fsp3) is 0.579. The molecule has 3 heterocycles. The first-order valence-corrected chi connectivity index (χ1v) is 9.09. The zero-order chi connectivity index (χ0) is 17.4. The fourth-order valence-electron chi connectivity index (χ4n) is 4.08. The lowest BCUT2D eigenvalue weighted by Crippen LogP contribution is -2.40. The van der Waals surface area contributed by atoms with Crippen LogP contribution in [-0.4, -0.2) is 55.3 Å². The molecule has 1 fully saturated rings. The average molecular weight is 342 g/mol. The maximum atomic E-state index is 5.43. The lowest BCUT2D eigenvalue weighted by atomic mass is 10.0. The summed E-state index contributed by atoms with van der Waals surface area (Å²) in [5.74, 6) is 1.14. The molecular weight excluding hydrogens is 316 g/mol. The van der Waals surface area contributed by atoms with Gasteiger partial charge in [-0.1, -0.05) is 0 Å². The van der Waals surface area contributed by atoms with Crippen molar-refractivity contribution in [3.8, 4) is 11.6 Å². The van der Waals surface area contributed by atoms with E-state index in [9.17, 15) is 0 Å². The number of pyridine rings is 2. The average Bonchev–Trinajstić information content (AvgIpc) is 3.08. The van der Waals surface area contributed by atoms with E-state index in [2.05, 4.69) is 17.3 Å². The van der Waals surface area contributed by atoms with Gasteiger partial charge in [-0.05, 0) is 51.3 Å². The summed E-state index contributed by atoms with van der Waals surface area (Å²) in [7, 11) is 5.45. The van der Waals surface area contributed by atoms with Gasteiger partial charge < -0.3 is 19.7 Å². The summed E-state index contributed by atoms with van der Waals surface area (Å²) in [6, 6.07) is 2.39. The van der Waals surface area contributed by atoms with Crippen molar-refractivity contribution in [2.75, 3.05) is 39.7 Å². The minimum atomic E-state index is 0.448. The van der Waals surface area contributed by atoms with Crippen molar-refractivity contribution in [2.45, 2.75) is 38.1 Å². The number of ether oxygens (including phenoxy) is 2. The second-order valence-electron chi connectivity index (χ2n) is 7.08. The predicted molar refractivity (Wildman–Crippen MR) is 98.8 cm³/mol. The first-order chi connectivity index (χ1) is 12.2. The molecule has 134 valence electrons. The Hall–Kier alpha value is -2.08. The second kappa shape index (κ2) is 6.67. The molecule has 0 bridgehead atoms. The van der Waals surface area contributed by atoms with Crippen LogP contribution in [0.2, 0.25) is 0 Å². The van der Waals surface area contributed by atoms with Crippen LogP contribution in [0.3, 0.4) is 0 Å². The molecule has 1 saturated heterocycles. The van der Waals surface area contributed by atoms with Gasteiger partial charge in [-0.3, -0.25) is 4.98 Å². The van der Waals surface area contributed by atoms with Crippen LogP contribution in [0.4, 0.5) is 5.69 Å². The molecular formula is C19H26N4O2. The van der Waals surface area contributed by atoms with Gasteiger partial charge in [0.2, 0.25) is 0 Å². The highest BCUT2D eigenvalue weighted by Gasteiger charge is 2.25. The number of anilines is 1. The minimum Gasteiger partial charge on any atom is -0.491 e. The van der Waals surface area contributed by atoms with E-state index in [-0.39, 0.29) is 0 Å². The second-order valence-corrected chi connectivity index (χ2v) is 7.08. The SMILES string of the molecule is COc1cc2nc3c(c(N[C@@H]4CCCN(C)C4)c2nc1OC)CCC3. The Morgan fingerprint density at radius 1 is 1.16 bits per heavy atom. The van der Waals surface area contributed by atoms with Gasteiger partial charge in [0.25, 0.3) is 5.88 Å². The number of nitrogens with zero attached hydrogens (tertiary/aromatic N) is 3. The molecule has 0 aromatic carbocycles. The van der Waals surface area contributed by atoms with E-state index < -0.39 is 0 Å². The van der Waals surface area contributed by atoms with Gasteiger partial charge in [-0.25, -0.2) is 4.98 Å². The van der Waals surface area contributed by atoms with Gasteiger partial charge >= 0.3 is 0 Å². The summed E-state index contributed by atoms with van der Waals surface area (Å²) in [6.07, 6.45) is 5.68. The molecule has 0 amide bonds. The Kier molecular flexibility index (Phi) is 4.37. The number of piperidine rings is 1. The molecule has 2 aromatic rings. The summed E-state index contributed by atoms with van der Waals surface area (Å²) < 4.78 is 10.8. The number of methoxy groups -OCH3 is 2. The van der Waals surface area contributed by atoms with Gasteiger partial charge in [-0.2, -0.15) is 0 Å². The number of likely N-dealkylation sites (N-methyl/N-ethyl adjacent to an activating group) is 1. The largest absolute Gasteiger partial charge is 0.491 e. The van der Waals surface area contributed by atoms with Crippen molar-refractivity contribution < 1.29 is 9.47 Å². The summed E-state index contributed by atoms with van der Waals surface area (Å²) in [4.78, 5) is 12.0. The van der Waals surface area contributed by atoms with Crippen molar-refractivity contribution in [1.29, 1.82) is 0 Å². The molecule has 1 aliphatic heterocycles. The Bertz CT molecular complexity index is 793. The first-order valence-electron chi connectivity index (χ1n) is 9.09. The third-order valence-corrected chi connectivity index (χ3v) is 5.30. The molecule has 25 heavy (non-hydrogen) atoms. The molecule has 0 radical (unpaired) electrons. The van der Waals surface area contributed by atoms with Crippen LogP contribution in [0.5, 0.6) is 11.6 Å². The topological polar surface area (TPSA) is 59.5 Å². The van der Waals surface area contributed by atoms with Crippen LogP contribution >= 0.6 is 0 Å². The molecule has 6 heteroatoms. The molecule has 4 rings (SSSR count). The third kappa shape index (κ3) is 2.99. The number of hydrogen-bond acceptors (Lipinski definition) is 6. The molecule has 1 atom stereocenters. The summed E-state index contributed by atoms with van der Waals surface area (Å²) in [5.41, 5.74) is 5.46. The van der Waals surface area contributed by atoms with Gasteiger partial charge in [-0.15, -0.1) is 0 Å². The summed E-state index contributed by atoms with van der Waals surface area (Å²) in [5, 5.41) is 3.80. The van der Waals surface area contributed by atoms with Crippen LogP contribution in [-0.2, 0) is 12.8 Å². The fourth-order valence-corrected chi connectivity index (χ4v) is 4.08. The molecule has 0 spiro atoms. The smallest absolute Gasteiger partial charge is 0.257 e. The number of fused-ring (bicyclic) bond motifs is 2. The van der Waals surface area contributed by atoms with Crippen molar-refractivity contribution in [3.63, 3.8) is 0 Å². The van der Waals surface area contributed by atoms with E-state index in [1.807, 2.05) is 6.07 Å². The van der Waals surface area contributed by atoms with E-state index in [1.54, 1.807) is 14.2 Å². The monoisotopic (exact) mass is 342 g/mol. The van der Waals surface area contributed by atoms with Crippen LogP contribution in [0.25, 0.3) is 11.0 Å². The minimum absolute atomic E-state index is 0.448. The van der Waals surface area contributed by atoms with Gasteiger partial charge in [0.1, 0.15) is 5.52 Å². The number of likely N-dealkylation sites (tertiary alicyclic amines) is 1. The van der Waals surface area contributed by atoms with Gasteiger partial charge in [0, 0.05) is 24.3 Å². The number of hydrogen-bond donors (Lipinski definition) is 1. The van der Waals surface area contributed by atoms with E-state index in [0.29, 0.717) is 17.7 Å². The number of aromatic nitrogens is 2. The van der Waals surface area contributed by atoms with E-state index in [0.717, 1.165) is 42.5 Å². The molecule has 1 N–H and O–H groups in total. The summed E-state index contributed by atoms with van der Waals surface area (Å²) >= 11 is 0. The Morgan fingerprint density at radius 3 is 2.80 bits per heavy atom. The van der Waals surface area contributed by atoms with Crippen LogP contribution in [0, 0.1) is 0 Å². The molecule has 2 aliphatic rings. The molecule has 0 saturated carbocycles. The van der Waals surface area contributed by atoms with E-state index in [4.69, 9.17) is 19.4 Å². The van der Waals surface area contributed by atoms with Crippen molar-refractivity contribution in [3.05, 3.63) is 17.3 Å². The zero-order valence-corrected chi connectivity index (χ0v) is 15.3. The molecule has 2 aromatic heterocycles. The summed E-state index contributed by atoms with van der Waals surface area (Å²) in [6.45, 7) is 2.24.